The van der Waals surface area contributed by atoms with E-state index in [4.69, 9.17) is 16.0 Å². The van der Waals surface area contributed by atoms with Crippen LogP contribution in [0.25, 0.3) is 0 Å². The van der Waals surface area contributed by atoms with Crippen LogP contribution in [0.5, 0.6) is 0 Å². The first-order valence-corrected chi connectivity index (χ1v) is 9.01. The van der Waals surface area contributed by atoms with Crippen molar-refractivity contribution in [1.82, 2.24) is 10.2 Å². The van der Waals surface area contributed by atoms with Crippen LogP contribution in [0.4, 0.5) is 5.69 Å². The number of nitrogens with zero attached hydrogens (tertiary/aromatic N) is 2. The van der Waals surface area contributed by atoms with Gasteiger partial charge in [0.2, 0.25) is 11.8 Å². The molecule has 1 N–H and O–H groups in total. The minimum absolute atomic E-state index is 0.148. The smallest absolute Gasteiger partial charge is 0.277 e. The fourth-order valence-electron chi connectivity index (χ4n) is 2.11. The number of hydrogen-bond acceptors (Lipinski definition) is 5. The molecule has 5 nitrogen and oxygen atoms in total. The lowest BCUT2D eigenvalue weighted by molar-refractivity contribution is -0.113. The molecule has 0 aliphatic rings. The van der Waals surface area contributed by atoms with Crippen molar-refractivity contribution in [3.63, 3.8) is 0 Å². The predicted molar refractivity (Wildman–Crippen MR) is 99.1 cm³/mol. The van der Waals surface area contributed by atoms with E-state index < -0.39 is 0 Å². The van der Waals surface area contributed by atoms with E-state index in [0.717, 1.165) is 5.56 Å². The highest BCUT2D eigenvalue weighted by atomic mass is 35.5. The Bertz CT molecular complexity index is 848. The van der Waals surface area contributed by atoms with Crippen molar-refractivity contribution in [3.05, 3.63) is 70.6 Å². The van der Waals surface area contributed by atoms with Gasteiger partial charge in [0, 0.05) is 10.7 Å². The van der Waals surface area contributed by atoms with Gasteiger partial charge in [0.15, 0.2) is 0 Å². The van der Waals surface area contributed by atoms with Gasteiger partial charge in [-0.3, -0.25) is 4.79 Å². The lowest BCUT2D eigenvalue weighted by Gasteiger charge is -2.03. The Morgan fingerprint density at radius 3 is 2.56 bits per heavy atom. The van der Waals surface area contributed by atoms with E-state index in [1.54, 1.807) is 24.3 Å². The van der Waals surface area contributed by atoms with Crippen LogP contribution in [0.1, 0.15) is 17.0 Å². The van der Waals surface area contributed by atoms with Gasteiger partial charge in [-0.2, -0.15) is 0 Å². The second-order valence-corrected chi connectivity index (χ2v) is 6.83. The summed E-state index contributed by atoms with van der Waals surface area (Å²) in [6.45, 7) is 2.04. The summed E-state index contributed by atoms with van der Waals surface area (Å²) in [5.74, 6) is 0.574. The lowest BCUT2D eigenvalue weighted by Crippen LogP contribution is -2.13. The highest BCUT2D eigenvalue weighted by Crippen LogP contribution is 2.19. The zero-order valence-corrected chi connectivity index (χ0v) is 15.1. The molecule has 0 saturated heterocycles. The van der Waals surface area contributed by atoms with E-state index in [9.17, 15) is 4.79 Å². The molecule has 1 amide bonds. The maximum Gasteiger partial charge on any atom is 0.277 e. The largest absolute Gasteiger partial charge is 0.416 e. The molecule has 2 aromatic carbocycles. The maximum absolute atomic E-state index is 11.9. The molecule has 0 bridgehead atoms. The topological polar surface area (TPSA) is 68.0 Å². The average molecular weight is 374 g/mol. The summed E-state index contributed by atoms with van der Waals surface area (Å²) in [4.78, 5) is 11.9. The van der Waals surface area contributed by atoms with Gasteiger partial charge in [-0.05, 0) is 36.8 Å². The number of thioether (sulfide) groups is 1. The number of carbonyl (C=O) groups excluding carboxylic acids is 1. The standard InChI is InChI=1S/C18H16ClN3O2S/c1-12-2-4-13(5-3-12)10-17-21-22-18(24-17)25-11-16(23)20-15-8-6-14(19)7-9-15/h2-9H,10-11H2,1H3,(H,20,23). The molecular formula is C18H16ClN3O2S. The quantitative estimate of drug-likeness (QED) is 0.650. The molecule has 1 aromatic heterocycles. The summed E-state index contributed by atoms with van der Waals surface area (Å²) in [6, 6.07) is 15.1. The van der Waals surface area contributed by atoms with E-state index in [2.05, 4.69) is 15.5 Å². The summed E-state index contributed by atoms with van der Waals surface area (Å²) >= 11 is 7.02. The molecule has 0 unspecified atom stereocenters. The summed E-state index contributed by atoms with van der Waals surface area (Å²) in [5, 5.41) is 11.8. The van der Waals surface area contributed by atoms with Crippen molar-refractivity contribution in [3.8, 4) is 0 Å². The Morgan fingerprint density at radius 1 is 1.12 bits per heavy atom. The molecule has 0 aliphatic heterocycles. The van der Waals surface area contributed by atoms with E-state index in [1.165, 1.54) is 17.3 Å². The van der Waals surface area contributed by atoms with Gasteiger partial charge in [0.25, 0.3) is 5.22 Å². The molecule has 25 heavy (non-hydrogen) atoms. The Hall–Kier alpha value is -2.31. The van der Waals surface area contributed by atoms with E-state index >= 15 is 0 Å². The van der Waals surface area contributed by atoms with E-state index in [-0.39, 0.29) is 11.7 Å². The third-order valence-electron chi connectivity index (χ3n) is 3.38. The number of carbonyl (C=O) groups is 1. The molecule has 0 aliphatic carbocycles. The third kappa shape index (κ3) is 5.34. The van der Waals surface area contributed by atoms with Crippen molar-refractivity contribution < 1.29 is 9.21 Å². The van der Waals surface area contributed by atoms with Crippen LogP contribution in [0.15, 0.2) is 58.2 Å². The molecule has 3 aromatic rings. The highest BCUT2D eigenvalue weighted by Gasteiger charge is 2.10. The normalized spacial score (nSPS) is 10.6. The molecule has 1 heterocycles. The molecule has 7 heteroatoms. The summed E-state index contributed by atoms with van der Waals surface area (Å²) in [7, 11) is 0. The summed E-state index contributed by atoms with van der Waals surface area (Å²) in [5.41, 5.74) is 3.00. The lowest BCUT2D eigenvalue weighted by atomic mass is 10.1. The summed E-state index contributed by atoms with van der Waals surface area (Å²) < 4.78 is 5.58. The Morgan fingerprint density at radius 2 is 1.84 bits per heavy atom. The third-order valence-corrected chi connectivity index (χ3v) is 4.45. The van der Waals surface area contributed by atoms with Crippen LogP contribution in [-0.4, -0.2) is 21.9 Å². The van der Waals surface area contributed by atoms with Crippen LogP contribution in [0, 0.1) is 6.92 Å². The van der Waals surface area contributed by atoms with Crippen LogP contribution >= 0.6 is 23.4 Å². The van der Waals surface area contributed by atoms with Crippen molar-refractivity contribution in [2.24, 2.45) is 0 Å². The molecule has 0 fully saturated rings. The van der Waals surface area contributed by atoms with Crippen molar-refractivity contribution >= 4 is 35.0 Å². The highest BCUT2D eigenvalue weighted by molar-refractivity contribution is 7.99. The van der Waals surface area contributed by atoms with Crippen molar-refractivity contribution in [2.75, 3.05) is 11.1 Å². The zero-order chi connectivity index (χ0) is 17.6. The van der Waals surface area contributed by atoms with Gasteiger partial charge < -0.3 is 9.73 Å². The van der Waals surface area contributed by atoms with Gasteiger partial charge in [-0.15, -0.1) is 10.2 Å². The second kappa shape index (κ2) is 8.18. The Labute approximate surface area is 154 Å². The molecular weight excluding hydrogens is 358 g/mol. The first kappa shape index (κ1) is 17.5. The number of amides is 1. The van der Waals surface area contributed by atoms with Crippen LogP contribution in [0.3, 0.4) is 0 Å². The fraction of sp³-hybridized carbons (Fsp3) is 0.167. The number of aromatic nitrogens is 2. The number of benzene rings is 2. The molecule has 3 rings (SSSR count). The first-order valence-electron chi connectivity index (χ1n) is 7.64. The monoisotopic (exact) mass is 373 g/mol. The predicted octanol–water partition coefficient (Wildman–Crippen LogP) is 4.35. The van der Waals surface area contributed by atoms with E-state index in [0.29, 0.717) is 28.2 Å². The fourth-order valence-corrected chi connectivity index (χ4v) is 2.81. The minimum atomic E-state index is -0.148. The first-order chi connectivity index (χ1) is 12.1. The minimum Gasteiger partial charge on any atom is -0.416 e. The summed E-state index contributed by atoms with van der Waals surface area (Å²) in [6.07, 6.45) is 0.574. The molecule has 0 saturated carbocycles. The van der Waals surface area contributed by atoms with Crippen LogP contribution in [0.2, 0.25) is 5.02 Å². The van der Waals surface area contributed by atoms with Crippen LogP contribution in [-0.2, 0) is 11.2 Å². The van der Waals surface area contributed by atoms with Gasteiger partial charge in [0.05, 0.1) is 12.2 Å². The Kier molecular flexibility index (Phi) is 5.73. The van der Waals surface area contributed by atoms with Crippen molar-refractivity contribution in [2.45, 2.75) is 18.6 Å². The number of hydrogen-bond donors (Lipinski definition) is 1. The average Bonchev–Trinajstić information content (AvgIpc) is 3.05. The number of rotatable bonds is 6. The van der Waals surface area contributed by atoms with E-state index in [1.807, 2.05) is 31.2 Å². The number of nitrogens with one attached hydrogen (secondary N) is 1. The SMILES string of the molecule is Cc1ccc(Cc2nnc(SCC(=O)Nc3ccc(Cl)cc3)o2)cc1. The number of anilines is 1. The zero-order valence-electron chi connectivity index (χ0n) is 13.5. The number of halogens is 1. The number of aryl methyl sites for hydroxylation is 1. The molecule has 0 radical (unpaired) electrons. The molecule has 128 valence electrons. The van der Waals surface area contributed by atoms with Gasteiger partial charge >= 0.3 is 0 Å². The molecule has 0 spiro atoms. The van der Waals surface area contributed by atoms with Gasteiger partial charge in [-0.1, -0.05) is 53.2 Å². The Balaban J connectivity index is 1.50. The van der Waals surface area contributed by atoms with Gasteiger partial charge in [0.1, 0.15) is 0 Å². The molecule has 0 atom stereocenters. The van der Waals surface area contributed by atoms with Gasteiger partial charge in [-0.25, -0.2) is 0 Å². The maximum atomic E-state index is 11.9. The van der Waals surface area contributed by atoms with Crippen molar-refractivity contribution in [1.29, 1.82) is 0 Å². The van der Waals surface area contributed by atoms with Crippen LogP contribution < -0.4 is 5.32 Å². The second-order valence-electron chi connectivity index (χ2n) is 5.47.